The van der Waals surface area contributed by atoms with E-state index in [1.165, 1.54) is 7.11 Å². The lowest BCUT2D eigenvalue weighted by molar-refractivity contribution is 0.0949. The first-order valence-electron chi connectivity index (χ1n) is 8.34. The van der Waals surface area contributed by atoms with Crippen molar-refractivity contribution in [2.75, 3.05) is 19.4 Å². The van der Waals surface area contributed by atoms with Crippen LogP contribution in [0, 0.1) is 11.6 Å². The standard InChI is InChI=1S/C19H18F2N4O2/c1-3-7-23-19(26)18-16(22)11-6-4-5-10(17(11)24-25-18)12-8-14(21)15(27-2)9-13(12)20/h4-6,8-9H,3,7H2,1-2H3,(H2,22,24)(H,23,26). The normalized spacial score (nSPS) is 10.8. The highest BCUT2D eigenvalue weighted by molar-refractivity contribution is 6.07. The van der Waals surface area contributed by atoms with Gasteiger partial charge in [0, 0.05) is 29.1 Å². The molecule has 0 bridgehead atoms. The molecular weight excluding hydrogens is 354 g/mol. The maximum atomic E-state index is 14.5. The number of carbonyl (C=O) groups excluding carboxylic acids is 1. The Hall–Kier alpha value is -3.29. The topological polar surface area (TPSA) is 90.1 Å². The molecule has 1 aromatic heterocycles. The molecule has 0 spiro atoms. The molecule has 0 aliphatic rings. The number of fused-ring (bicyclic) bond motifs is 1. The van der Waals surface area contributed by atoms with Crippen molar-refractivity contribution in [3.8, 4) is 16.9 Å². The number of hydrogen-bond donors (Lipinski definition) is 2. The van der Waals surface area contributed by atoms with Crippen molar-refractivity contribution in [3.05, 3.63) is 47.7 Å². The molecular formula is C19H18F2N4O2. The fraction of sp³-hybridized carbons (Fsp3) is 0.211. The third-order valence-corrected chi connectivity index (χ3v) is 4.11. The average molecular weight is 372 g/mol. The van der Waals surface area contributed by atoms with E-state index in [1.54, 1.807) is 18.2 Å². The van der Waals surface area contributed by atoms with Gasteiger partial charge in [-0.05, 0) is 12.5 Å². The summed E-state index contributed by atoms with van der Waals surface area (Å²) in [5, 5.41) is 11.1. The number of anilines is 1. The highest BCUT2D eigenvalue weighted by atomic mass is 19.1. The second-order valence-electron chi connectivity index (χ2n) is 5.89. The van der Waals surface area contributed by atoms with E-state index in [1.807, 2.05) is 6.92 Å². The van der Waals surface area contributed by atoms with E-state index in [0.717, 1.165) is 18.6 Å². The molecule has 6 nitrogen and oxygen atoms in total. The quantitative estimate of drug-likeness (QED) is 0.717. The molecule has 1 amide bonds. The lowest BCUT2D eigenvalue weighted by Gasteiger charge is -2.12. The molecule has 3 aromatic rings. The number of nitrogens with two attached hydrogens (primary N) is 1. The fourth-order valence-electron chi connectivity index (χ4n) is 2.75. The lowest BCUT2D eigenvalue weighted by Crippen LogP contribution is -2.26. The summed E-state index contributed by atoms with van der Waals surface area (Å²) in [6.07, 6.45) is 0.763. The average Bonchev–Trinajstić information content (AvgIpc) is 2.67. The van der Waals surface area contributed by atoms with Crippen molar-refractivity contribution in [2.24, 2.45) is 0 Å². The van der Waals surface area contributed by atoms with Crippen LogP contribution in [0.15, 0.2) is 30.3 Å². The predicted molar refractivity (Wildman–Crippen MR) is 98.5 cm³/mol. The number of ether oxygens (including phenoxy) is 1. The minimum absolute atomic E-state index is 0.00390. The highest BCUT2D eigenvalue weighted by Gasteiger charge is 2.19. The van der Waals surface area contributed by atoms with Crippen LogP contribution in [0.4, 0.5) is 14.5 Å². The van der Waals surface area contributed by atoms with E-state index in [-0.39, 0.29) is 28.2 Å². The number of hydrogen-bond acceptors (Lipinski definition) is 5. The molecule has 0 aliphatic heterocycles. The van der Waals surface area contributed by atoms with Gasteiger partial charge in [-0.2, -0.15) is 0 Å². The van der Waals surface area contributed by atoms with Crippen molar-refractivity contribution in [2.45, 2.75) is 13.3 Å². The Morgan fingerprint density at radius 3 is 2.67 bits per heavy atom. The largest absolute Gasteiger partial charge is 0.494 e. The van der Waals surface area contributed by atoms with Gasteiger partial charge in [-0.15, -0.1) is 10.2 Å². The first-order valence-corrected chi connectivity index (χ1v) is 8.34. The summed E-state index contributed by atoms with van der Waals surface area (Å²) < 4.78 is 33.4. The maximum absolute atomic E-state index is 14.5. The van der Waals surface area contributed by atoms with Crippen LogP contribution in [-0.4, -0.2) is 29.8 Å². The van der Waals surface area contributed by atoms with Crippen LogP contribution < -0.4 is 15.8 Å². The molecule has 0 unspecified atom stereocenters. The van der Waals surface area contributed by atoms with E-state index >= 15 is 0 Å². The van der Waals surface area contributed by atoms with E-state index in [0.29, 0.717) is 17.5 Å². The van der Waals surface area contributed by atoms with Crippen molar-refractivity contribution >= 4 is 22.5 Å². The lowest BCUT2D eigenvalue weighted by atomic mass is 10.00. The third kappa shape index (κ3) is 3.38. The molecule has 3 N–H and O–H groups in total. The van der Waals surface area contributed by atoms with Gasteiger partial charge in [0.05, 0.1) is 12.8 Å². The summed E-state index contributed by atoms with van der Waals surface area (Å²) in [5.41, 5.74) is 6.80. The van der Waals surface area contributed by atoms with E-state index in [2.05, 4.69) is 15.5 Å². The Morgan fingerprint density at radius 2 is 1.96 bits per heavy atom. The Bertz CT molecular complexity index is 1020. The number of amides is 1. The second kappa shape index (κ2) is 7.53. The third-order valence-electron chi connectivity index (χ3n) is 4.11. The van der Waals surface area contributed by atoms with Crippen LogP contribution in [-0.2, 0) is 0 Å². The van der Waals surface area contributed by atoms with Crippen molar-refractivity contribution in [1.29, 1.82) is 0 Å². The van der Waals surface area contributed by atoms with Gasteiger partial charge in [-0.3, -0.25) is 4.79 Å². The van der Waals surface area contributed by atoms with Crippen LogP contribution in [0.25, 0.3) is 22.0 Å². The zero-order valence-corrected chi connectivity index (χ0v) is 14.8. The molecule has 140 valence electrons. The van der Waals surface area contributed by atoms with Gasteiger partial charge in [-0.25, -0.2) is 8.78 Å². The SMILES string of the molecule is CCCNC(=O)c1nnc2c(-c3cc(F)c(OC)cc3F)cccc2c1N. The summed E-state index contributed by atoms with van der Waals surface area (Å²) in [4.78, 5) is 12.2. The first kappa shape index (κ1) is 18.5. The molecule has 2 aromatic carbocycles. The summed E-state index contributed by atoms with van der Waals surface area (Å²) in [6.45, 7) is 2.40. The van der Waals surface area contributed by atoms with Crippen LogP contribution in [0.2, 0.25) is 0 Å². The number of nitrogens with one attached hydrogen (secondary N) is 1. The van der Waals surface area contributed by atoms with E-state index < -0.39 is 17.5 Å². The summed E-state index contributed by atoms with van der Waals surface area (Å²) >= 11 is 0. The van der Waals surface area contributed by atoms with Crippen LogP contribution in [0.1, 0.15) is 23.8 Å². The predicted octanol–water partition coefficient (Wildman–Crippen LogP) is 3.31. The van der Waals surface area contributed by atoms with Crippen LogP contribution in [0.3, 0.4) is 0 Å². The van der Waals surface area contributed by atoms with Gasteiger partial charge in [0.2, 0.25) is 0 Å². The minimum atomic E-state index is -0.706. The molecule has 27 heavy (non-hydrogen) atoms. The molecule has 8 heteroatoms. The van der Waals surface area contributed by atoms with Crippen LogP contribution >= 0.6 is 0 Å². The van der Waals surface area contributed by atoms with Gasteiger partial charge in [0.25, 0.3) is 5.91 Å². The minimum Gasteiger partial charge on any atom is -0.494 e. The number of benzene rings is 2. The van der Waals surface area contributed by atoms with Crippen molar-refractivity contribution < 1.29 is 18.3 Å². The number of nitrogen functional groups attached to an aromatic ring is 1. The van der Waals surface area contributed by atoms with E-state index in [9.17, 15) is 13.6 Å². The van der Waals surface area contributed by atoms with Crippen LogP contribution in [0.5, 0.6) is 5.75 Å². The fourth-order valence-corrected chi connectivity index (χ4v) is 2.75. The Morgan fingerprint density at radius 1 is 1.19 bits per heavy atom. The highest BCUT2D eigenvalue weighted by Crippen LogP contribution is 2.34. The number of rotatable bonds is 5. The van der Waals surface area contributed by atoms with Gasteiger partial charge in [-0.1, -0.05) is 25.1 Å². The number of halogens is 2. The number of methoxy groups -OCH3 is 1. The molecule has 0 radical (unpaired) electrons. The number of aromatic nitrogens is 2. The number of nitrogens with zero attached hydrogens (tertiary/aromatic N) is 2. The Balaban J connectivity index is 2.16. The first-order chi connectivity index (χ1) is 13.0. The molecule has 1 heterocycles. The second-order valence-corrected chi connectivity index (χ2v) is 5.89. The van der Waals surface area contributed by atoms with Gasteiger partial charge < -0.3 is 15.8 Å². The molecule has 0 fully saturated rings. The Kier molecular flexibility index (Phi) is 5.16. The van der Waals surface area contributed by atoms with Crippen molar-refractivity contribution in [1.82, 2.24) is 15.5 Å². The smallest absolute Gasteiger partial charge is 0.273 e. The molecule has 0 aliphatic carbocycles. The number of carbonyl (C=O) groups is 1. The molecule has 0 atom stereocenters. The van der Waals surface area contributed by atoms with Gasteiger partial charge >= 0.3 is 0 Å². The molecule has 3 rings (SSSR count). The molecule has 0 saturated carbocycles. The van der Waals surface area contributed by atoms with E-state index in [4.69, 9.17) is 10.5 Å². The monoisotopic (exact) mass is 372 g/mol. The van der Waals surface area contributed by atoms with Gasteiger partial charge in [0.15, 0.2) is 17.3 Å². The Labute approximate surface area is 154 Å². The van der Waals surface area contributed by atoms with Gasteiger partial charge in [0.1, 0.15) is 11.3 Å². The molecule has 0 saturated heterocycles. The summed E-state index contributed by atoms with van der Waals surface area (Å²) in [5.74, 6) is -2.01. The summed E-state index contributed by atoms with van der Waals surface area (Å²) in [7, 11) is 1.26. The summed E-state index contributed by atoms with van der Waals surface area (Å²) in [6, 6.07) is 6.86. The zero-order valence-electron chi connectivity index (χ0n) is 14.8. The van der Waals surface area contributed by atoms with Crippen molar-refractivity contribution in [3.63, 3.8) is 0 Å². The maximum Gasteiger partial charge on any atom is 0.273 e. The zero-order chi connectivity index (χ0) is 19.6.